The summed E-state index contributed by atoms with van der Waals surface area (Å²) in [6, 6.07) is 12.2. The predicted octanol–water partition coefficient (Wildman–Crippen LogP) is 3.58. The first-order valence-electron chi connectivity index (χ1n) is 8.75. The number of methoxy groups -OCH3 is 1. The van der Waals surface area contributed by atoms with Gasteiger partial charge < -0.3 is 14.5 Å². The molecule has 0 N–H and O–H groups in total. The minimum absolute atomic E-state index is 0.124. The highest BCUT2D eigenvalue weighted by molar-refractivity contribution is 5.94. The SMILES string of the molecule is COc1ccc(C)cc1N1CCN(C(=O)c2ccc(C)c(C)c2)CC1. The summed E-state index contributed by atoms with van der Waals surface area (Å²) < 4.78 is 5.50. The topological polar surface area (TPSA) is 32.8 Å². The molecular weight excluding hydrogens is 312 g/mol. The lowest BCUT2D eigenvalue weighted by atomic mass is 10.1. The first-order valence-corrected chi connectivity index (χ1v) is 8.75. The summed E-state index contributed by atoms with van der Waals surface area (Å²) in [5.41, 5.74) is 5.48. The second-order valence-electron chi connectivity index (χ2n) is 6.75. The number of anilines is 1. The van der Waals surface area contributed by atoms with Crippen molar-refractivity contribution in [2.45, 2.75) is 20.8 Å². The van der Waals surface area contributed by atoms with Crippen molar-refractivity contribution in [1.29, 1.82) is 0 Å². The molecule has 2 aromatic rings. The molecule has 1 saturated heterocycles. The molecule has 0 radical (unpaired) electrons. The maximum atomic E-state index is 12.8. The number of piperazine rings is 1. The minimum atomic E-state index is 0.124. The van der Waals surface area contributed by atoms with Crippen LogP contribution in [0.2, 0.25) is 0 Å². The molecule has 3 rings (SSSR count). The average Bonchev–Trinajstić information content (AvgIpc) is 2.63. The zero-order chi connectivity index (χ0) is 18.0. The van der Waals surface area contributed by atoms with E-state index in [4.69, 9.17) is 4.74 Å². The zero-order valence-corrected chi connectivity index (χ0v) is 15.5. The number of benzene rings is 2. The van der Waals surface area contributed by atoms with Crippen molar-refractivity contribution >= 4 is 11.6 Å². The van der Waals surface area contributed by atoms with Gasteiger partial charge in [0.05, 0.1) is 12.8 Å². The van der Waals surface area contributed by atoms with Crippen molar-refractivity contribution < 1.29 is 9.53 Å². The smallest absolute Gasteiger partial charge is 0.253 e. The van der Waals surface area contributed by atoms with E-state index in [2.05, 4.69) is 30.9 Å². The number of amides is 1. The van der Waals surface area contributed by atoms with E-state index in [9.17, 15) is 4.79 Å². The van der Waals surface area contributed by atoms with Gasteiger partial charge in [-0.1, -0.05) is 12.1 Å². The third-order valence-electron chi connectivity index (χ3n) is 5.00. The van der Waals surface area contributed by atoms with Crippen molar-refractivity contribution in [2.75, 3.05) is 38.2 Å². The van der Waals surface area contributed by atoms with Crippen molar-refractivity contribution in [2.24, 2.45) is 0 Å². The summed E-state index contributed by atoms with van der Waals surface area (Å²) in [5.74, 6) is 1.01. The van der Waals surface area contributed by atoms with Crippen LogP contribution >= 0.6 is 0 Å². The Balaban J connectivity index is 1.70. The number of carbonyl (C=O) groups excluding carboxylic acids is 1. The highest BCUT2D eigenvalue weighted by Gasteiger charge is 2.24. The van der Waals surface area contributed by atoms with Crippen molar-refractivity contribution in [1.82, 2.24) is 4.90 Å². The normalized spacial score (nSPS) is 14.6. The molecule has 0 aromatic heterocycles. The largest absolute Gasteiger partial charge is 0.495 e. The molecule has 1 fully saturated rings. The Morgan fingerprint density at radius 2 is 1.64 bits per heavy atom. The number of hydrogen-bond donors (Lipinski definition) is 0. The van der Waals surface area contributed by atoms with Crippen LogP contribution in [0.25, 0.3) is 0 Å². The Morgan fingerprint density at radius 3 is 2.28 bits per heavy atom. The Bertz CT molecular complexity index is 777. The number of rotatable bonds is 3. The van der Waals surface area contributed by atoms with E-state index in [1.807, 2.05) is 36.1 Å². The van der Waals surface area contributed by atoms with Gasteiger partial charge in [-0.05, 0) is 61.7 Å². The second-order valence-corrected chi connectivity index (χ2v) is 6.75. The van der Waals surface area contributed by atoms with Crippen LogP contribution in [0.5, 0.6) is 5.75 Å². The summed E-state index contributed by atoms with van der Waals surface area (Å²) in [7, 11) is 1.70. The Labute approximate surface area is 150 Å². The van der Waals surface area contributed by atoms with Crippen molar-refractivity contribution in [3.63, 3.8) is 0 Å². The third kappa shape index (κ3) is 3.63. The van der Waals surface area contributed by atoms with Gasteiger partial charge in [0.25, 0.3) is 5.91 Å². The van der Waals surface area contributed by atoms with E-state index in [0.29, 0.717) is 0 Å². The summed E-state index contributed by atoms with van der Waals surface area (Å²) in [6.07, 6.45) is 0. The molecule has 25 heavy (non-hydrogen) atoms. The van der Waals surface area contributed by atoms with Crippen LogP contribution in [0, 0.1) is 20.8 Å². The third-order valence-corrected chi connectivity index (χ3v) is 5.00. The van der Waals surface area contributed by atoms with Crippen LogP contribution in [0.1, 0.15) is 27.0 Å². The molecule has 0 bridgehead atoms. The first-order chi connectivity index (χ1) is 12.0. The van der Waals surface area contributed by atoms with E-state index in [1.54, 1.807) is 7.11 Å². The first kappa shape index (κ1) is 17.3. The molecule has 132 valence electrons. The van der Waals surface area contributed by atoms with Crippen LogP contribution in [0.15, 0.2) is 36.4 Å². The Morgan fingerprint density at radius 1 is 0.920 bits per heavy atom. The fourth-order valence-corrected chi connectivity index (χ4v) is 3.25. The van der Waals surface area contributed by atoms with Gasteiger partial charge in [0, 0.05) is 31.7 Å². The number of ether oxygens (including phenoxy) is 1. The lowest BCUT2D eigenvalue weighted by Gasteiger charge is -2.36. The van der Waals surface area contributed by atoms with E-state index in [-0.39, 0.29) is 5.91 Å². The van der Waals surface area contributed by atoms with Gasteiger partial charge in [0.15, 0.2) is 0 Å². The fourth-order valence-electron chi connectivity index (χ4n) is 3.25. The molecule has 0 spiro atoms. The van der Waals surface area contributed by atoms with Gasteiger partial charge in [0.2, 0.25) is 0 Å². The number of aryl methyl sites for hydroxylation is 3. The fraction of sp³-hybridized carbons (Fsp3) is 0.381. The molecule has 0 aliphatic carbocycles. The summed E-state index contributed by atoms with van der Waals surface area (Å²) in [4.78, 5) is 17.0. The molecule has 1 heterocycles. The highest BCUT2D eigenvalue weighted by atomic mass is 16.5. The number of nitrogens with zero attached hydrogens (tertiary/aromatic N) is 2. The second kappa shape index (κ2) is 7.18. The summed E-state index contributed by atoms with van der Waals surface area (Å²) >= 11 is 0. The Hall–Kier alpha value is -2.49. The van der Waals surface area contributed by atoms with Crippen LogP contribution in [0.4, 0.5) is 5.69 Å². The number of carbonyl (C=O) groups is 1. The monoisotopic (exact) mass is 338 g/mol. The average molecular weight is 338 g/mol. The maximum Gasteiger partial charge on any atom is 0.253 e. The highest BCUT2D eigenvalue weighted by Crippen LogP contribution is 2.30. The zero-order valence-electron chi connectivity index (χ0n) is 15.5. The maximum absolute atomic E-state index is 12.8. The van der Waals surface area contributed by atoms with Gasteiger partial charge in [-0.2, -0.15) is 0 Å². The van der Waals surface area contributed by atoms with Gasteiger partial charge in [-0.25, -0.2) is 0 Å². The van der Waals surface area contributed by atoms with Crippen LogP contribution in [0.3, 0.4) is 0 Å². The molecule has 2 aromatic carbocycles. The van der Waals surface area contributed by atoms with E-state index in [0.717, 1.165) is 48.7 Å². The lowest BCUT2D eigenvalue weighted by molar-refractivity contribution is 0.0746. The molecule has 0 unspecified atom stereocenters. The molecule has 1 aliphatic heterocycles. The molecule has 0 atom stereocenters. The molecule has 4 heteroatoms. The molecule has 1 aliphatic rings. The van der Waals surface area contributed by atoms with E-state index in [1.165, 1.54) is 11.1 Å². The van der Waals surface area contributed by atoms with Gasteiger partial charge in [-0.15, -0.1) is 0 Å². The van der Waals surface area contributed by atoms with E-state index >= 15 is 0 Å². The molecular formula is C21H26N2O2. The van der Waals surface area contributed by atoms with Gasteiger partial charge in [-0.3, -0.25) is 4.79 Å². The number of hydrogen-bond acceptors (Lipinski definition) is 3. The van der Waals surface area contributed by atoms with Crippen LogP contribution in [-0.2, 0) is 0 Å². The quantitative estimate of drug-likeness (QED) is 0.857. The van der Waals surface area contributed by atoms with Crippen molar-refractivity contribution in [3.05, 3.63) is 58.7 Å². The summed E-state index contributed by atoms with van der Waals surface area (Å²) in [6.45, 7) is 9.28. The summed E-state index contributed by atoms with van der Waals surface area (Å²) in [5, 5.41) is 0. The standard InChI is InChI=1S/C21H26N2O2/c1-15-5-8-20(25-4)19(13-15)22-9-11-23(12-10-22)21(24)18-7-6-16(2)17(3)14-18/h5-8,13-14H,9-12H2,1-4H3. The molecule has 1 amide bonds. The van der Waals surface area contributed by atoms with E-state index < -0.39 is 0 Å². The molecule has 0 saturated carbocycles. The van der Waals surface area contributed by atoms with Gasteiger partial charge in [0.1, 0.15) is 5.75 Å². The van der Waals surface area contributed by atoms with Gasteiger partial charge >= 0.3 is 0 Å². The van der Waals surface area contributed by atoms with Crippen LogP contribution < -0.4 is 9.64 Å². The predicted molar refractivity (Wildman–Crippen MR) is 102 cm³/mol. The lowest BCUT2D eigenvalue weighted by Crippen LogP contribution is -2.48. The van der Waals surface area contributed by atoms with Crippen molar-refractivity contribution in [3.8, 4) is 5.75 Å². The Kier molecular flexibility index (Phi) is 4.98. The van der Waals surface area contributed by atoms with Crippen LogP contribution in [-0.4, -0.2) is 44.1 Å². The molecule has 4 nitrogen and oxygen atoms in total. The minimum Gasteiger partial charge on any atom is -0.495 e.